The molecule has 2 atom stereocenters. The first-order valence-corrected chi connectivity index (χ1v) is 12.5. The second kappa shape index (κ2) is 9.32. The highest BCUT2D eigenvalue weighted by atomic mass is 19.1. The molecule has 37 heavy (non-hydrogen) atoms. The Balaban J connectivity index is 1.41. The summed E-state index contributed by atoms with van der Waals surface area (Å²) in [7, 11) is 0. The molecule has 5 rings (SSSR count). The lowest BCUT2D eigenvalue weighted by atomic mass is 10.0. The molecular formula is C27H31F2N5O3. The van der Waals surface area contributed by atoms with Crippen LogP contribution in [0.2, 0.25) is 0 Å². The topological polar surface area (TPSA) is 81.4 Å². The molecule has 0 aliphatic carbocycles. The fourth-order valence-electron chi connectivity index (χ4n) is 5.76. The molecule has 196 valence electrons. The van der Waals surface area contributed by atoms with Gasteiger partial charge in [0.2, 0.25) is 0 Å². The predicted octanol–water partition coefficient (Wildman–Crippen LogP) is 4.95. The average Bonchev–Trinajstić information content (AvgIpc) is 3.58. The van der Waals surface area contributed by atoms with Crippen molar-refractivity contribution in [3.63, 3.8) is 0 Å². The zero-order valence-electron chi connectivity index (χ0n) is 21.2. The standard InChI is InChI=1S/C27H31F2N5O3/c1-27(2,3)34(26(36)37)19-10-12-31(15-19)25(35)23-14-30-24-9-7-18(16-33(23)24)32-11-4-5-22(32)20-13-17(28)6-8-21(20)29/h6-9,13-14,16,19,22H,4-5,10-12,15H2,1-3H3,(H,36,37). The number of hydrogen-bond donors (Lipinski definition) is 1. The minimum atomic E-state index is -0.999. The zero-order chi connectivity index (χ0) is 26.5. The highest BCUT2D eigenvalue weighted by Crippen LogP contribution is 2.37. The summed E-state index contributed by atoms with van der Waals surface area (Å²) in [5.41, 5.74) is 1.50. The van der Waals surface area contributed by atoms with Crippen molar-refractivity contribution in [2.24, 2.45) is 0 Å². The summed E-state index contributed by atoms with van der Waals surface area (Å²) in [6.07, 6.45) is 4.43. The number of aromatic nitrogens is 2. The van der Waals surface area contributed by atoms with E-state index in [0.717, 1.165) is 24.2 Å². The summed E-state index contributed by atoms with van der Waals surface area (Å²) in [6.45, 7) is 6.97. The molecule has 4 heterocycles. The normalized spacial score (nSPS) is 20.1. The molecule has 2 aromatic heterocycles. The quantitative estimate of drug-likeness (QED) is 0.536. The number of nitrogens with zero attached hydrogens (tertiary/aromatic N) is 5. The Labute approximate surface area is 214 Å². The van der Waals surface area contributed by atoms with E-state index in [1.54, 1.807) is 9.30 Å². The van der Waals surface area contributed by atoms with Crippen molar-refractivity contribution in [2.45, 2.75) is 57.7 Å². The van der Waals surface area contributed by atoms with Gasteiger partial charge in [-0.15, -0.1) is 0 Å². The predicted molar refractivity (Wildman–Crippen MR) is 135 cm³/mol. The molecule has 1 N–H and O–H groups in total. The number of pyridine rings is 1. The minimum absolute atomic E-state index is 0.222. The van der Waals surface area contributed by atoms with E-state index in [-0.39, 0.29) is 18.0 Å². The van der Waals surface area contributed by atoms with Crippen molar-refractivity contribution < 1.29 is 23.5 Å². The van der Waals surface area contributed by atoms with E-state index in [1.165, 1.54) is 17.2 Å². The van der Waals surface area contributed by atoms with Crippen LogP contribution in [0.4, 0.5) is 19.3 Å². The summed E-state index contributed by atoms with van der Waals surface area (Å²) in [6, 6.07) is 6.62. The molecule has 2 unspecified atom stereocenters. The van der Waals surface area contributed by atoms with Crippen molar-refractivity contribution in [3.05, 3.63) is 65.6 Å². The van der Waals surface area contributed by atoms with Crippen LogP contribution in [0.3, 0.4) is 0 Å². The smallest absolute Gasteiger partial charge is 0.408 e. The molecular weight excluding hydrogens is 480 g/mol. The maximum Gasteiger partial charge on any atom is 0.408 e. The first kappa shape index (κ1) is 25.0. The molecule has 10 heteroatoms. The fraction of sp³-hybridized carbons (Fsp3) is 0.444. The van der Waals surface area contributed by atoms with Crippen LogP contribution in [0, 0.1) is 11.6 Å². The number of anilines is 1. The fourth-order valence-corrected chi connectivity index (χ4v) is 5.76. The van der Waals surface area contributed by atoms with Gasteiger partial charge < -0.3 is 14.9 Å². The first-order chi connectivity index (χ1) is 17.5. The molecule has 3 aromatic rings. The maximum atomic E-state index is 14.6. The van der Waals surface area contributed by atoms with Crippen molar-refractivity contribution in [2.75, 3.05) is 24.5 Å². The average molecular weight is 512 g/mol. The van der Waals surface area contributed by atoms with E-state index in [1.807, 2.05) is 44.0 Å². The number of carbonyl (C=O) groups excluding carboxylic acids is 1. The van der Waals surface area contributed by atoms with Crippen LogP contribution in [0.15, 0.2) is 42.7 Å². The summed E-state index contributed by atoms with van der Waals surface area (Å²) in [4.78, 5) is 34.9. The van der Waals surface area contributed by atoms with Crippen LogP contribution >= 0.6 is 0 Å². The molecule has 0 bridgehead atoms. The van der Waals surface area contributed by atoms with Crippen LogP contribution in [-0.2, 0) is 0 Å². The summed E-state index contributed by atoms with van der Waals surface area (Å²) in [5, 5.41) is 9.75. The molecule has 0 saturated carbocycles. The van der Waals surface area contributed by atoms with E-state index >= 15 is 0 Å². The second-order valence-corrected chi connectivity index (χ2v) is 10.8. The Kier molecular flexibility index (Phi) is 6.29. The van der Waals surface area contributed by atoms with Crippen molar-refractivity contribution in [1.82, 2.24) is 19.2 Å². The van der Waals surface area contributed by atoms with E-state index in [0.29, 0.717) is 49.4 Å². The number of carbonyl (C=O) groups is 2. The van der Waals surface area contributed by atoms with Gasteiger partial charge >= 0.3 is 6.09 Å². The number of benzene rings is 1. The van der Waals surface area contributed by atoms with E-state index in [2.05, 4.69) is 4.98 Å². The third-order valence-electron chi connectivity index (χ3n) is 7.36. The van der Waals surface area contributed by atoms with Crippen molar-refractivity contribution in [3.8, 4) is 0 Å². The number of carboxylic acid groups (broad SMARTS) is 1. The van der Waals surface area contributed by atoms with E-state index in [4.69, 9.17) is 0 Å². The van der Waals surface area contributed by atoms with Crippen LogP contribution < -0.4 is 4.90 Å². The molecule has 2 amide bonds. The van der Waals surface area contributed by atoms with E-state index in [9.17, 15) is 23.5 Å². The molecule has 0 spiro atoms. The number of imidazole rings is 1. The summed E-state index contributed by atoms with van der Waals surface area (Å²) < 4.78 is 30.2. The van der Waals surface area contributed by atoms with Gasteiger partial charge in [0, 0.05) is 36.9 Å². The molecule has 2 aliphatic rings. The van der Waals surface area contributed by atoms with Gasteiger partial charge in [0.15, 0.2) is 0 Å². The lowest BCUT2D eigenvalue weighted by Gasteiger charge is -2.37. The number of fused-ring (bicyclic) bond motifs is 1. The molecule has 0 radical (unpaired) electrons. The SMILES string of the molecule is CC(C)(C)N(C(=O)O)C1CCN(C(=O)c2cnc3ccc(N4CCCC4c4cc(F)ccc4F)cn23)C1. The van der Waals surface area contributed by atoms with Gasteiger partial charge in [-0.1, -0.05) is 0 Å². The number of rotatable bonds is 4. The monoisotopic (exact) mass is 511 g/mol. The number of amides is 2. The third kappa shape index (κ3) is 4.60. The Morgan fingerprint density at radius 1 is 1.11 bits per heavy atom. The van der Waals surface area contributed by atoms with Gasteiger partial charge in [0.25, 0.3) is 5.91 Å². The third-order valence-corrected chi connectivity index (χ3v) is 7.36. The van der Waals surface area contributed by atoms with Crippen LogP contribution in [0.5, 0.6) is 0 Å². The summed E-state index contributed by atoms with van der Waals surface area (Å²) in [5.74, 6) is -1.13. The highest BCUT2D eigenvalue weighted by Gasteiger charge is 2.39. The molecule has 2 aliphatic heterocycles. The number of halogens is 2. The minimum Gasteiger partial charge on any atom is -0.465 e. The molecule has 2 saturated heterocycles. The lowest BCUT2D eigenvalue weighted by molar-refractivity contribution is 0.0646. The largest absolute Gasteiger partial charge is 0.465 e. The Morgan fingerprint density at radius 2 is 1.89 bits per heavy atom. The van der Waals surface area contributed by atoms with Crippen molar-refractivity contribution in [1.29, 1.82) is 0 Å². The maximum absolute atomic E-state index is 14.6. The Bertz CT molecular complexity index is 1350. The van der Waals surface area contributed by atoms with Gasteiger partial charge in [-0.3, -0.25) is 14.1 Å². The van der Waals surface area contributed by atoms with Gasteiger partial charge in [0.05, 0.1) is 24.0 Å². The lowest BCUT2D eigenvalue weighted by Crippen LogP contribution is -2.52. The Morgan fingerprint density at radius 3 is 2.62 bits per heavy atom. The number of hydrogen-bond acceptors (Lipinski definition) is 4. The zero-order valence-corrected chi connectivity index (χ0v) is 21.2. The number of likely N-dealkylation sites (tertiary alicyclic amines) is 1. The van der Waals surface area contributed by atoms with E-state index < -0.39 is 23.3 Å². The molecule has 1 aromatic carbocycles. The first-order valence-electron chi connectivity index (χ1n) is 12.5. The van der Waals surface area contributed by atoms with Gasteiger partial charge in [-0.25, -0.2) is 18.6 Å². The Hall–Kier alpha value is -3.69. The molecule has 8 nitrogen and oxygen atoms in total. The van der Waals surface area contributed by atoms with Gasteiger partial charge in [0.1, 0.15) is 23.0 Å². The van der Waals surface area contributed by atoms with Crippen LogP contribution in [-0.4, -0.2) is 67.5 Å². The van der Waals surface area contributed by atoms with Crippen LogP contribution in [0.25, 0.3) is 5.65 Å². The second-order valence-electron chi connectivity index (χ2n) is 10.8. The van der Waals surface area contributed by atoms with Crippen LogP contribution in [0.1, 0.15) is 62.1 Å². The van der Waals surface area contributed by atoms with Crippen molar-refractivity contribution >= 4 is 23.3 Å². The van der Waals surface area contributed by atoms with Gasteiger partial charge in [-0.05, 0) is 70.4 Å². The molecule has 2 fully saturated rings. The highest BCUT2D eigenvalue weighted by molar-refractivity contribution is 5.93. The summed E-state index contributed by atoms with van der Waals surface area (Å²) >= 11 is 0. The van der Waals surface area contributed by atoms with Gasteiger partial charge in [-0.2, -0.15) is 0 Å².